The van der Waals surface area contributed by atoms with Crippen molar-refractivity contribution in [3.8, 4) is 5.75 Å². The Bertz CT molecular complexity index is 696. The molecule has 30 heavy (non-hydrogen) atoms. The number of aromatic hydroxyl groups is 1. The van der Waals surface area contributed by atoms with Crippen molar-refractivity contribution in [2.24, 2.45) is 11.7 Å². The molecule has 0 bridgehead atoms. The molecule has 0 saturated heterocycles. The van der Waals surface area contributed by atoms with Gasteiger partial charge in [-0.25, -0.2) is 0 Å². The second kappa shape index (κ2) is 13.7. The van der Waals surface area contributed by atoms with Crippen LogP contribution in [0.5, 0.6) is 5.75 Å². The van der Waals surface area contributed by atoms with Gasteiger partial charge >= 0.3 is 0 Å². The van der Waals surface area contributed by atoms with E-state index in [1.807, 2.05) is 36.4 Å². The van der Waals surface area contributed by atoms with Gasteiger partial charge in [0.2, 0.25) is 0 Å². The highest BCUT2D eigenvalue weighted by atomic mass is 35.5. The molecule has 3 nitrogen and oxygen atoms in total. The Balaban J connectivity index is 0.000000172. The van der Waals surface area contributed by atoms with E-state index in [1.165, 1.54) is 55.2 Å². The molecule has 2 aliphatic rings. The van der Waals surface area contributed by atoms with Crippen LogP contribution in [0, 0.1) is 5.92 Å². The average molecular weight is 431 g/mol. The van der Waals surface area contributed by atoms with Crippen LogP contribution in [0.1, 0.15) is 62.1 Å². The molecule has 3 N–H and O–H groups in total. The van der Waals surface area contributed by atoms with E-state index in [4.69, 9.17) is 17.3 Å². The van der Waals surface area contributed by atoms with Gasteiger partial charge in [-0.2, -0.15) is 0 Å². The third-order valence-corrected chi connectivity index (χ3v) is 6.48. The van der Waals surface area contributed by atoms with Crippen molar-refractivity contribution in [3.05, 3.63) is 64.2 Å². The molecule has 1 aliphatic heterocycles. The van der Waals surface area contributed by atoms with Crippen molar-refractivity contribution >= 4 is 11.6 Å². The Labute approximate surface area is 188 Å². The topological polar surface area (TPSA) is 49.5 Å². The van der Waals surface area contributed by atoms with E-state index >= 15 is 0 Å². The smallest absolute Gasteiger partial charge is 0.134 e. The predicted molar refractivity (Wildman–Crippen MR) is 129 cm³/mol. The first-order valence-electron chi connectivity index (χ1n) is 11.5. The van der Waals surface area contributed by atoms with Crippen molar-refractivity contribution < 1.29 is 5.11 Å². The normalized spacial score (nSPS) is 16.9. The van der Waals surface area contributed by atoms with Crippen molar-refractivity contribution in [2.75, 3.05) is 20.1 Å². The van der Waals surface area contributed by atoms with E-state index < -0.39 is 0 Å². The number of likely N-dealkylation sites (N-methyl/N-ethyl adjacent to an activating group) is 1. The number of nitrogens with zero attached hydrogens (tertiary/aromatic N) is 1. The molecular weight excluding hydrogens is 392 g/mol. The Hall–Kier alpha value is -1.55. The average Bonchev–Trinajstić information content (AvgIpc) is 2.97. The molecule has 0 atom stereocenters. The molecule has 166 valence electrons. The maximum absolute atomic E-state index is 9.49. The first kappa shape index (κ1) is 24.7. The minimum Gasteiger partial charge on any atom is -0.506 e. The van der Waals surface area contributed by atoms with E-state index in [0.29, 0.717) is 11.6 Å². The molecule has 1 heterocycles. The summed E-state index contributed by atoms with van der Waals surface area (Å²) in [5, 5.41) is 9.95. The van der Waals surface area contributed by atoms with Gasteiger partial charge in [-0.1, -0.05) is 87.4 Å². The van der Waals surface area contributed by atoms with Gasteiger partial charge in [0.15, 0.2) is 0 Å². The predicted octanol–water partition coefficient (Wildman–Crippen LogP) is 6.20. The summed E-state index contributed by atoms with van der Waals surface area (Å²) < 4.78 is 0. The van der Waals surface area contributed by atoms with Crippen LogP contribution < -0.4 is 5.73 Å². The van der Waals surface area contributed by atoms with E-state index in [9.17, 15) is 5.11 Å². The summed E-state index contributed by atoms with van der Waals surface area (Å²) in [5.74, 6) is 1.29. The Morgan fingerprint density at radius 3 is 2.10 bits per heavy atom. The molecular formula is C26H39ClN2O. The van der Waals surface area contributed by atoms with Gasteiger partial charge in [-0.15, -0.1) is 0 Å². The Morgan fingerprint density at radius 2 is 1.60 bits per heavy atom. The molecule has 2 aromatic carbocycles. The Morgan fingerprint density at radius 1 is 1.00 bits per heavy atom. The van der Waals surface area contributed by atoms with Crippen molar-refractivity contribution in [3.63, 3.8) is 0 Å². The first-order valence-corrected chi connectivity index (χ1v) is 11.8. The highest BCUT2D eigenvalue weighted by Crippen LogP contribution is 2.29. The maximum Gasteiger partial charge on any atom is 0.134 e. The molecule has 4 rings (SSSR count). The molecule has 0 radical (unpaired) electrons. The van der Waals surface area contributed by atoms with Crippen molar-refractivity contribution in [1.29, 1.82) is 0 Å². The lowest BCUT2D eigenvalue weighted by Gasteiger charge is -2.18. The zero-order chi connectivity index (χ0) is 21.8. The highest BCUT2D eigenvalue weighted by molar-refractivity contribution is 6.32. The number of nitrogens with two attached hydrogens (primary N) is 1. The van der Waals surface area contributed by atoms with Gasteiger partial charge in [0.25, 0.3) is 0 Å². The lowest BCUT2D eigenvalue weighted by atomic mass is 9.88. The second-order valence-corrected chi connectivity index (χ2v) is 8.88. The summed E-state index contributed by atoms with van der Waals surface area (Å²) in [6.07, 6.45) is 10.9. The van der Waals surface area contributed by atoms with E-state index in [0.717, 1.165) is 31.8 Å². The summed E-state index contributed by atoms with van der Waals surface area (Å²) in [6.45, 7) is 5.07. The minimum absolute atomic E-state index is 0.204. The summed E-state index contributed by atoms with van der Waals surface area (Å²) >= 11 is 5.87. The fraction of sp³-hybridized carbons (Fsp3) is 0.538. The quantitative estimate of drug-likeness (QED) is 0.596. The number of phenols is 1. The molecule has 0 amide bonds. The number of hydrogen-bond donors (Lipinski definition) is 2. The number of benzene rings is 2. The van der Waals surface area contributed by atoms with Gasteiger partial charge in [-0.05, 0) is 54.6 Å². The van der Waals surface area contributed by atoms with Gasteiger partial charge < -0.3 is 15.7 Å². The summed E-state index contributed by atoms with van der Waals surface area (Å²) in [7, 11) is 2.12. The number of halogens is 1. The molecule has 1 aliphatic carbocycles. The largest absolute Gasteiger partial charge is 0.506 e. The third kappa shape index (κ3) is 8.67. The number of fused-ring (bicyclic) bond motifs is 1. The van der Waals surface area contributed by atoms with Crippen LogP contribution in [0.3, 0.4) is 0 Å². The lowest BCUT2D eigenvalue weighted by Crippen LogP contribution is -2.20. The number of hydrogen-bond acceptors (Lipinski definition) is 3. The van der Waals surface area contributed by atoms with Crippen LogP contribution in [-0.4, -0.2) is 30.1 Å². The monoisotopic (exact) mass is 430 g/mol. The number of rotatable bonds is 2. The summed E-state index contributed by atoms with van der Waals surface area (Å²) in [5.41, 5.74) is 9.05. The molecule has 1 fully saturated rings. The fourth-order valence-corrected chi connectivity index (χ4v) is 4.24. The zero-order valence-corrected chi connectivity index (χ0v) is 19.5. The third-order valence-electron chi connectivity index (χ3n) is 6.18. The van der Waals surface area contributed by atoms with Gasteiger partial charge in [0.05, 0.1) is 5.02 Å². The SMILES string of the molecule is CCC1CCCCC1.CN1CCc2cc(O)c(Cl)cc2CC1.NCc1ccccc1. The molecule has 4 heteroatoms. The molecule has 0 spiro atoms. The van der Waals surface area contributed by atoms with Crippen LogP contribution in [0.4, 0.5) is 0 Å². The van der Waals surface area contributed by atoms with E-state index in [2.05, 4.69) is 18.9 Å². The summed E-state index contributed by atoms with van der Waals surface area (Å²) in [6, 6.07) is 13.7. The molecule has 0 aromatic heterocycles. The highest BCUT2D eigenvalue weighted by Gasteiger charge is 2.13. The minimum atomic E-state index is 0.204. The van der Waals surface area contributed by atoms with Gasteiger partial charge in [0, 0.05) is 19.6 Å². The fourth-order valence-electron chi connectivity index (χ4n) is 4.06. The molecule has 2 aromatic rings. The van der Waals surface area contributed by atoms with Crippen molar-refractivity contribution in [1.82, 2.24) is 4.90 Å². The molecule has 0 unspecified atom stereocenters. The van der Waals surface area contributed by atoms with Crippen LogP contribution >= 0.6 is 11.6 Å². The van der Waals surface area contributed by atoms with Crippen LogP contribution in [0.25, 0.3) is 0 Å². The van der Waals surface area contributed by atoms with Crippen molar-refractivity contribution in [2.45, 2.75) is 64.8 Å². The van der Waals surface area contributed by atoms with Crippen LogP contribution in [0.15, 0.2) is 42.5 Å². The number of phenolic OH excluding ortho intramolecular Hbond substituents is 1. The van der Waals surface area contributed by atoms with Gasteiger partial charge in [0.1, 0.15) is 5.75 Å². The van der Waals surface area contributed by atoms with Crippen LogP contribution in [-0.2, 0) is 19.4 Å². The van der Waals surface area contributed by atoms with E-state index in [-0.39, 0.29) is 5.75 Å². The lowest BCUT2D eigenvalue weighted by molar-refractivity contribution is 0.349. The second-order valence-electron chi connectivity index (χ2n) is 8.48. The Kier molecular flexibility index (Phi) is 11.3. The first-order chi connectivity index (χ1) is 14.5. The standard InChI is InChI=1S/C11H14ClNO.C8H16.C7H9N/c1-13-4-2-8-6-10(12)11(14)7-9(8)3-5-13;1-2-8-6-4-3-5-7-8;8-6-7-4-2-1-3-5-7/h6-7,14H,2-5H2,1H3;8H,2-7H2,1H3;1-5H,6,8H2. The zero-order valence-electron chi connectivity index (χ0n) is 18.7. The maximum atomic E-state index is 9.49. The molecule has 1 saturated carbocycles. The summed E-state index contributed by atoms with van der Waals surface area (Å²) in [4.78, 5) is 2.30. The van der Waals surface area contributed by atoms with Crippen LogP contribution in [0.2, 0.25) is 5.02 Å². The van der Waals surface area contributed by atoms with Gasteiger partial charge in [-0.3, -0.25) is 0 Å². The van der Waals surface area contributed by atoms with E-state index in [1.54, 1.807) is 6.07 Å².